The average molecular weight is 284 g/mol. The van der Waals surface area contributed by atoms with Gasteiger partial charge in [-0.25, -0.2) is 13.6 Å². The quantitative estimate of drug-likeness (QED) is 0.877. The topological polar surface area (TPSA) is 81.4 Å². The lowest BCUT2D eigenvalue weighted by Crippen LogP contribution is -2.19. The van der Waals surface area contributed by atoms with Crippen LogP contribution in [-0.2, 0) is 20.5 Å². The van der Waals surface area contributed by atoms with E-state index in [1.807, 2.05) is 12.1 Å². The van der Waals surface area contributed by atoms with Gasteiger partial charge in [-0.1, -0.05) is 12.1 Å². The van der Waals surface area contributed by atoms with Crippen molar-refractivity contribution in [1.82, 2.24) is 0 Å². The van der Waals surface area contributed by atoms with Crippen LogP contribution in [0.4, 0.5) is 5.69 Å². The Morgan fingerprint density at radius 3 is 2.63 bits per heavy atom. The van der Waals surface area contributed by atoms with Crippen molar-refractivity contribution in [2.75, 3.05) is 18.5 Å². The zero-order valence-corrected chi connectivity index (χ0v) is 11.7. The molecule has 0 amide bonds. The normalized spacial score (nSPS) is 20.8. The van der Waals surface area contributed by atoms with Gasteiger partial charge in [0.2, 0.25) is 10.0 Å². The summed E-state index contributed by atoms with van der Waals surface area (Å²) in [5.74, 6) is -0.120. The number of hydrogen-bond acceptors (Lipinski definition) is 4. The Hall–Kier alpha value is -1.11. The van der Waals surface area contributed by atoms with Crippen LogP contribution >= 0.6 is 0 Å². The number of nitrogens with one attached hydrogen (secondary N) is 1. The van der Waals surface area contributed by atoms with E-state index in [0.29, 0.717) is 11.6 Å². The standard InChI is InChI=1S/C13H20N2O3S/c14-19(16,17)10-11-3-5-13(6-4-11)15-12-2-1-8-18-9-7-12/h3-6,12,15H,1-2,7-10H2,(H2,14,16,17). The molecule has 1 unspecified atom stereocenters. The number of anilines is 1. The minimum absolute atomic E-state index is 0.120. The highest BCUT2D eigenvalue weighted by molar-refractivity contribution is 7.88. The lowest BCUT2D eigenvalue weighted by Gasteiger charge is -2.17. The minimum Gasteiger partial charge on any atom is -0.382 e. The predicted octanol–water partition coefficient (Wildman–Crippen LogP) is 1.46. The molecule has 0 spiro atoms. The Bertz CT molecular complexity index is 491. The molecule has 19 heavy (non-hydrogen) atoms. The van der Waals surface area contributed by atoms with Crippen molar-refractivity contribution >= 4 is 15.7 Å². The van der Waals surface area contributed by atoms with Gasteiger partial charge in [0.15, 0.2) is 0 Å². The summed E-state index contributed by atoms with van der Waals surface area (Å²) in [5, 5.41) is 8.47. The lowest BCUT2D eigenvalue weighted by atomic mass is 10.1. The SMILES string of the molecule is NS(=O)(=O)Cc1ccc(NC2CCCOCC2)cc1. The zero-order valence-electron chi connectivity index (χ0n) is 10.8. The fourth-order valence-corrected chi connectivity index (χ4v) is 2.87. The van der Waals surface area contributed by atoms with Gasteiger partial charge < -0.3 is 10.1 Å². The van der Waals surface area contributed by atoms with Crippen molar-refractivity contribution < 1.29 is 13.2 Å². The number of rotatable bonds is 4. The fourth-order valence-electron chi connectivity index (χ4n) is 2.21. The lowest BCUT2D eigenvalue weighted by molar-refractivity contribution is 0.144. The molecule has 0 aliphatic carbocycles. The molecule has 0 aromatic heterocycles. The maximum atomic E-state index is 11.0. The highest BCUT2D eigenvalue weighted by atomic mass is 32.2. The molecule has 1 saturated heterocycles. The molecule has 0 saturated carbocycles. The summed E-state index contributed by atoms with van der Waals surface area (Å²) in [6.07, 6.45) is 3.17. The number of primary sulfonamides is 1. The van der Waals surface area contributed by atoms with Gasteiger partial charge in [0, 0.05) is 24.9 Å². The summed E-state index contributed by atoms with van der Waals surface area (Å²) in [4.78, 5) is 0. The van der Waals surface area contributed by atoms with E-state index >= 15 is 0 Å². The van der Waals surface area contributed by atoms with Gasteiger partial charge in [-0.05, 0) is 37.0 Å². The van der Waals surface area contributed by atoms with Gasteiger partial charge in [-0.15, -0.1) is 0 Å². The Balaban J connectivity index is 1.94. The second-order valence-electron chi connectivity index (χ2n) is 4.89. The van der Waals surface area contributed by atoms with Crippen LogP contribution in [0.3, 0.4) is 0 Å². The maximum absolute atomic E-state index is 11.0. The molecule has 3 N–H and O–H groups in total. The van der Waals surface area contributed by atoms with E-state index in [-0.39, 0.29) is 5.75 Å². The van der Waals surface area contributed by atoms with Gasteiger partial charge >= 0.3 is 0 Å². The zero-order chi connectivity index (χ0) is 13.7. The first-order chi connectivity index (χ1) is 9.03. The first kappa shape index (κ1) is 14.3. The van der Waals surface area contributed by atoms with Crippen LogP contribution < -0.4 is 10.5 Å². The predicted molar refractivity (Wildman–Crippen MR) is 75.3 cm³/mol. The second kappa shape index (κ2) is 6.36. The van der Waals surface area contributed by atoms with E-state index in [0.717, 1.165) is 38.2 Å². The first-order valence-corrected chi connectivity index (χ1v) is 8.18. The number of ether oxygens (including phenoxy) is 1. The highest BCUT2D eigenvalue weighted by Crippen LogP contribution is 2.17. The van der Waals surface area contributed by atoms with Gasteiger partial charge in [0.1, 0.15) is 0 Å². The summed E-state index contributed by atoms with van der Waals surface area (Å²) < 4.78 is 27.4. The minimum atomic E-state index is -3.46. The van der Waals surface area contributed by atoms with Crippen LogP contribution in [0.15, 0.2) is 24.3 Å². The van der Waals surface area contributed by atoms with Crippen molar-refractivity contribution in [3.05, 3.63) is 29.8 Å². The average Bonchev–Trinajstić information content (AvgIpc) is 2.58. The van der Waals surface area contributed by atoms with Gasteiger partial charge in [0.25, 0.3) is 0 Å². The van der Waals surface area contributed by atoms with Crippen LogP contribution in [0.2, 0.25) is 0 Å². The third-order valence-corrected chi connectivity index (χ3v) is 3.88. The van der Waals surface area contributed by atoms with E-state index in [1.165, 1.54) is 0 Å². The molecule has 1 aromatic carbocycles. The number of sulfonamides is 1. The third-order valence-electron chi connectivity index (χ3n) is 3.14. The third kappa shape index (κ3) is 5.18. The van der Waals surface area contributed by atoms with E-state index in [4.69, 9.17) is 9.88 Å². The summed E-state index contributed by atoms with van der Waals surface area (Å²) in [5.41, 5.74) is 1.71. The fraction of sp³-hybridized carbons (Fsp3) is 0.538. The molecule has 5 nitrogen and oxygen atoms in total. The van der Waals surface area contributed by atoms with Crippen LogP contribution in [-0.4, -0.2) is 27.7 Å². The first-order valence-electron chi connectivity index (χ1n) is 6.47. The number of nitrogens with two attached hydrogens (primary N) is 1. The van der Waals surface area contributed by atoms with Crippen molar-refractivity contribution in [2.45, 2.75) is 31.1 Å². The molecule has 2 rings (SSSR count). The van der Waals surface area contributed by atoms with E-state index in [2.05, 4.69) is 5.32 Å². The Labute approximate surface area is 114 Å². The smallest absolute Gasteiger partial charge is 0.213 e. The van der Waals surface area contributed by atoms with Crippen molar-refractivity contribution in [1.29, 1.82) is 0 Å². The van der Waals surface area contributed by atoms with E-state index in [1.54, 1.807) is 12.1 Å². The van der Waals surface area contributed by atoms with E-state index in [9.17, 15) is 8.42 Å². The van der Waals surface area contributed by atoms with Gasteiger partial charge in [0.05, 0.1) is 5.75 Å². The molecule has 6 heteroatoms. The number of benzene rings is 1. The van der Waals surface area contributed by atoms with Gasteiger partial charge in [-0.3, -0.25) is 0 Å². The molecule has 0 bridgehead atoms. The molecule has 1 atom stereocenters. The van der Waals surface area contributed by atoms with Crippen molar-refractivity contribution in [3.63, 3.8) is 0 Å². The highest BCUT2D eigenvalue weighted by Gasteiger charge is 2.12. The summed E-state index contributed by atoms with van der Waals surface area (Å²) in [6, 6.07) is 7.80. The molecular formula is C13H20N2O3S. The molecule has 1 aliphatic heterocycles. The van der Waals surface area contributed by atoms with Crippen molar-refractivity contribution in [2.24, 2.45) is 5.14 Å². The van der Waals surface area contributed by atoms with Crippen LogP contribution in [0.25, 0.3) is 0 Å². The molecule has 1 aliphatic rings. The summed E-state index contributed by atoms with van der Waals surface area (Å²) >= 11 is 0. The maximum Gasteiger partial charge on any atom is 0.213 e. The summed E-state index contributed by atoms with van der Waals surface area (Å²) in [6.45, 7) is 1.63. The van der Waals surface area contributed by atoms with Crippen LogP contribution in [0, 0.1) is 0 Å². The van der Waals surface area contributed by atoms with Crippen molar-refractivity contribution in [3.8, 4) is 0 Å². The molecule has 1 heterocycles. The van der Waals surface area contributed by atoms with Gasteiger partial charge in [-0.2, -0.15) is 0 Å². The second-order valence-corrected chi connectivity index (χ2v) is 6.50. The Kier molecular flexibility index (Phi) is 4.79. The molecule has 0 radical (unpaired) electrons. The monoisotopic (exact) mass is 284 g/mol. The largest absolute Gasteiger partial charge is 0.382 e. The van der Waals surface area contributed by atoms with E-state index < -0.39 is 10.0 Å². The molecule has 106 valence electrons. The Morgan fingerprint density at radius 1 is 1.21 bits per heavy atom. The number of hydrogen-bond donors (Lipinski definition) is 2. The molecule has 1 fully saturated rings. The summed E-state index contributed by atoms with van der Waals surface area (Å²) in [7, 11) is -3.46. The van der Waals surface area contributed by atoms with Crippen LogP contribution in [0.5, 0.6) is 0 Å². The Morgan fingerprint density at radius 2 is 1.95 bits per heavy atom. The van der Waals surface area contributed by atoms with Crippen LogP contribution in [0.1, 0.15) is 24.8 Å². The molecule has 1 aromatic rings. The molecular weight excluding hydrogens is 264 g/mol.